The van der Waals surface area contributed by atoms with Crippen LogP contribution in [0.15, 0.2) is 170 Å². The van der Waals surface area contributed by atoms with E-state index in [4.69, 9.17) is 33.7 Å². The minimum absolute atomic E-state index is 0.0149. The van der Waals surface area contributed by atoms with Crippen LogP contribution in [0.2, 0.25) is 0 Å². The number of halogens is 6. The minimum Gasteiger partial charge on any atom is -0.473 e. The lowest BCUT2D eigenvalue weighted by atomic mass is 10.0. The molecule has 0 radical (unpaired) electrons. The smallest absolute Gasteiger partial charge is 0.346 e. The number of hydrogen-bond acceptors (Lipinski definition) is 15. The standard InChI is InChI=1S/C78H66F6N10O7/c1-97-31-29-93-69-37-49(17-21-67(69)87-73(93)39-55-35-63(83)57(41-61(55)81)65-9-7-11-75(89-65)99-45-53-15-13-47(33-59(53)79)51-19-23-71(85-43-51)91-25-3-4-26-91)77(95)101-78(96)50-18-22-68-70(38-50)94(30-32-98-2)74(88-68)40-56-36-64(84)58(42-62(56)82)66-10-8-12-76(90-66)100-46-54-16-14-48(34-60(54)80)52-20-24-72(86-44-52)92-27-5-6-28-92/h7-24,33-38,41-44H,3-6,25-32,39-40,45-46H2,1-2H3. The summed E-state index contributed by atoms with van der Waals surface area (Å²) < 4.78 is 127. The zero-order valence-electron chi connectivity index (χ0n) is 55.1. The summed E-state index contributed by atoms with van der Waals surface area (Å²) in [5.74, 6) is -3.43. The molecular formula is C78H66F6N10O7. The van der Waals surface area contributed by atoms with E-state index >= 15 is 26.3 Å². The number of imidazole rings is 2. The summed E-state index contributed by atoms with van der Waals surface area (Å²) in [6.45, 7) is 4.26. The molecule has 2 aliphatic rings. The monoisotopic (exact) mass is 1370 g/mol. The van der Waals surface area contributed by atoms with Crippen LogP contribution in [0.1, 0.15) is 80.3 Å². The molecule has 0 saturated carbocycles. The normalized spacial score (nSPS) is 13.1. The van der Waals surface area contributed by atoms with Crippen LogP contribution in [0.4, 0.5) is 38.0 Å². The van der Waals surface area contributed by atoms with Gasteiger partial charge in [-0.2, -0.15) is 0 Å². The number of carbonyl (C=O) groups excluding carboxylic acids is 2. The van der Waals surface area contributed by atoms with Gasteiger partial charge in [-0.05, 0) is 157 Å². The van der Waals surface area contributed by atoms with E-state index in [0.29, 0.717) is 44.8 Å². The van der Waals surface area contributed by atoms with E-state index < -0.39 is 46.8 Å². The molecule has 2 aliphatic heterocycles. The van der Waals surface area contributed by atoms with Crippen LogP contribution in [-0.4, -0.2) is 105 Å². The van der Waals surface area contributed by atoms with Crippen molar-refractivity contribution in [3.05, 3.63) is 250 Å². The van der Waals surface area contributed by atoms with E-state index in [-0.39, 0.29) is 120 Å². The third-order valence-electron chi connectivity index (χ3n) is 18.2. The summed E-state index contributed by atoms with van der Waals surface area (Å²) in [4.78, 5) is 59.6. The Labute approximate surface area is 576 Å². The van der Waals surface area contributed by atoms with Gasteiger partial charge in [0.05, 0.1) is 57.8 Å². The Hall–Kier alpha value is -11.3. The molecule has 0 aliphatic carbocycles. The van der Waals surface area contributed by atoms with Crippen molar-refractivity contribution < 1.29 is 59.6 Å². The van der Waals surface area contributed by atoms with Crippen LogP contribution in [0.5, 0.6) is 11.8 Å². The van der Waals surface area contributed by atoms with Gasteiger partial charge >= 0.3 is 11.9 Å². The van der Waals surface area contributed by atoms with Crippen molar-refractivity contribution in [1.82, 2.24) is 39.0 Å². The van der Waals surface area contributed by atoms with Gasteiger partial charge in [-0.25, -0.2) is 65.8 Å². The Bertz CT molecular complexity index is 4770. The Morgan fingerprint density at radius 3 is 1.24 bits per heavy atom. The summed E-state index contributed by atoms with van der Waals surface area (Å²) in [5.41, 5.74) is 4.89. The number of nitrogens with zero attached hydrogens (tertiary/aromatic N) is 10. The van der Waals surface area contributed by atoms with Gasteiger partial charge in [0.2, 0.25) is 11.8 Å². The number of anilines is 2. The minimum atomic E-state index is -0.993. The zero-order valence-corrected chi connectivity index (χ0v) is 55.1. The number of carbonyl (C=O) groups is 2. The second-order valence-corrected chi connectivity index (χ2v) is 24.7. The van der Waals surface area contributed by atoms with Crippen LogP contribution in [0.3, 0.4) is 0 Å². The predicted molar refractivity (Wildman–Crippen MR) is 369 cm³/mol. The van der Waals surface area contributed by atoms with Gasteiger partial charge < -0.3 is 42.6 Å². The van der Waals surface area contributed by atoms with Crippen molar-refractivity contribution in [3.63, 3.8) is 0 Å². The summed E-state index contributed by atoms with van der Waals surface area (Å²) in [6.07, 6.45) is 7.64. The van der Waals surface area contributed by atoms with Crippen molar-refractivity contribution in [2.24, 2.45) is 0 Å². The van der Waals surface area contributed by atoms with Gasteiger partial charge in [0.1, 0.15) is 71.4 Å². The summed E-state index contributed by atoms with van der Waals surface area (Å²) in [5, 5.41) is 0. The van der Waals surface area contributed by atoms with Crippen molar-refractivity contribution >= 4 is 45.6 Å². The molecule has 12 aromatic rings. The lowest BCUT2D eigenvalue weighted by molar-refractivity contribution is 0.0397. The lowest BCUT2D eigenvalue weighted by Gasteiger charge is -2.16. The Kier molecular flexibility index (Phi) is 19.6. The van der Waals surface area contributed by atoms with Crippen LogP contribution in [0, 0.1) is 34.9 Å². The van der Waals surface area contributed by atoms with Crippen LogP contribution in [-0.2, 0) is 53.4 Å². The number of methoxy groups -OCH3 is 2. The van der Waals surface area contributed by atoms with Crippen molar-refractivity contribution in [2.75, 3.05) is 63.4 Å². The van der Waals surface area contributed by atoms with Crippen molar-refractivity contribution in [2.45, 2.75) is 64.8 Å². The average Bonchev–Trinajstić information content (AvgIpc) is 1.68. The third kappa shape index (κ3) is 14.7. The molecule has 0 bridgehead atoms. The van der Waals surface area contributed by atoms with Crippen LogP contribution >= 0.6 is 0 Å². The van der Waals surface area contributed by atoms with Gasteiger partial charge in [0.15, 0.2) is 0 Å². The average molecular weight is 1370 g/mol. The molecule has 2 fully saturated rings. The van der Waals surface area contributed by atoms with E-state index in [1.54, 1.807) is 70.1 Å². The van der Waals surface area contributed by atoms with Crippen molar-refractivity contribution in [1.29, 1.82) is 0 Å². The molecule has 6 aromatic heterocycles. The Balaban J connectivity index is 0.622. The molecule has 8 heterocycles. The first-order valence-corrected chi connectivity index (χ1v) is 33.1. The van der Waals surface area contributed by atoms with E-state index in [1.165, 1.54) is 74.9 Å². The largest absolute Gasteiger partial charge is 0.473 e. The highest BCUT2D eigenvalue weighted by Crippen LogP contribution is 2.34. The molecule has 0 atom stereocenters. The highest BCUT2D eigenvalue weighted by molar-refractivity contribution is 6.05. The molecule has 23 heteroatoms. The number of pyridine rings is 4. The maximum atomic E-state index is 16.2. The van der Waals surface area contributed by atoms with E-state index in [9.17, 15) is 9.59 Å². The first kappa shape index (κ1) is 66.9. The summed E-state index contributed by atoms with van der Waals surface area (Å²) >= 11 is 0. The van der Waals surface area contributed by atoms with Gasteiger partial charge in [0.25, 0.3) is 0 Å². The lowest BCUT2D eigenvalue weighted by Crippen LogP contribution is -2.18. The van der Waals surface area contributed by atoms with E-state index in [2.05, 4.69) is 29.7 Å². The number of esters is 2. The molecule has 2 saturated heterocycles. The first-order valence-electron chi connectivity index (χ1n) is 33.1. The molecule has 0 unspecified atom stereocenters. The molecule has 512 valence electrons. The van der Waals surface area contributed by atoms with E-state index in [0.717, 1.165) is 98.9 Å². The van der Waals surface area contributed by atoms with Gasteiger partial charge in [-0.3, -0.25) is 0 Å². The number of aromatic nitrogens is 8. The number of rotatable bonds is 24. The number of hydrogen-bond donors (Lipinski definition) is 0. The van der Waals surface area contributed by atoms with Crippen LogP contribution < -0.4 is 19.3 Å². The highest BCUT2D eigenvalue weighted by atomic mass is 19.1. The number of ether oxygens (including phenoxy) is 5. The Morgan fingerprint density at radius 1 is 0.426 bits per heavy atom. The third-order valence-corrected chi connectivity index (χ3v) is 18.2. The van der Waals surface area contributed by atoms with Gasteiger partial charge in [-0.1, -0.05) is 36.4 Å². The van der Waals surface area contributed by atoms with Gasteiger partial charge in [-0.15, -0.1) is 0 Å². The molecular weight excluding hydrogens is 1300 g/mol. The van der Waals surface area contributed by atoms with E-state index in [1.807, 2.05) is 24.3 Å². The first-order chi connectivity index (χ1) is 49.2. The molecule has 101 heavy (non-hydrogen) atoms. The predicted octanol–water partition coefficient (Wildman–Crippen LogP) is 15.3. The second-order valence-electron chi connectivity index (χ2n) is 24.7. The molecule has 0 spiro atoms. The maximum Gasteiger partial charge on any atom is 0.346 e. The molecule has 0 amide bonds. The fourth-order valence-corrected chi connectivity index (χ4v) is 12.8. The molecule has 0 N–H and O–H groups in total. The highest BCUT2D eigenvalue weighted by Gasteiger charge is 2.25. The number of fused-ring (bicyclic) bond motifs is 2. The molecule has 17 nitrogen and oxygen atoms in total. The van der Waals surface area contributed by atoms with Crippen LogP contribution in [0.25, 0.3) is 66.8 Å². The number of benzene rings is 6. The Morgan fingerprint density at radius 2 is 0.842 bits per heavy atom. The fraction of sp³-hybridized carbons (Fsp3) is 0.231. The summed E-state index contributed by atoms with van der Waals surface area (Å²) in [7, 11) is 3.00. The quantitative estimate of drug-likeness (QED) is 0.0317. The molecule has 6 aromatic carbocycles. The second kappa shape index (κ2) is 29.6. The molecule has 14 rings (SSSR count). The maximum absolute atomic E-state index is 16.2. The fourth-order valence-electron chi connectivity index (χ4n) is 12.8. The van der Waals surface area contributed by atoms with Crippen molar-refractivity contribution in [3.8, 4) is 56.5 Å². The zero-order chi connectivity index (χ0) is 69.7. The topological polar surface area (TPSA) is 174 Å². The SMILES string of the molecule is COCCn1c(Cc2cc(F)c(-c3cccc(OCc4ccc(-c5ccc(N6CCCC6)nc5)cc4F)n3)cc2F)nc2ccc(C(=O)OC(=O)c3ccc4nc(Cc5cc(F)c(-c6cccc(OCc7ccc(-c8ccc(N9CCCC9)nc8)cc7F)n6)cc5F)n(CCOC)c4c3)cc21. The summed E-state index contributed by atoms with van der Waals surface area (Å²) in [6, 6.07) is 39.8. The van der Waals surface area contributed by atoms with Gasteiger partial charge in [0, 0.05) is 124 Å².